The Hall–Kier alpha value is -2.86. The second-order valence-electron chi connectivity index (χ2n) is 13.6. The van der Waals surface area contributed by atoms with E-state index in [4.69, 9.17) is 0 Å². The van der Waals surface area contributed by atoms with Gasteiger partial charge in [0.15, 0.2) is 0 Å². The molecule has 0 aliphatic heterocycles. The van der Waals surface area contributed by atoms with Gasteiger partial charge in [-0.3, -0.25) is 0 Å². The van der Waals surface area contributed by atoms with Crippen molar-refractivity contribution < 1.29 is 0 Å². The lowest BCUT2D eigenvalue weighted by Gasteiger charge is -2.37. The number of benzene rings is 3. The van der Waals surface area contributed by atoms with E-state index in [0.717, 1.165) is 32.1 Å². The molecule has 3 rings (SSSR count). The second-order valence-corrected chi connectivity index (χ2v) is 13.6. The monoisotopic (exact) mass is 548 g/mol. The number of unbranched alkanes of at least 4 members (excludes halogenated alkanes) is 2. The summed E-state index contributed by atoms with van der Waals surface area (Å²) < 4.78 is 0. The van der Waals surface area contributed by atoms with E-state index < -0.39 is 0 Å². The van der Waals surface area contributed by atoms with Crippen LogP contribution < -0.4 is 0 Å². The molecule has 0 aromatic heterocycles. The molecule has 3 aromatic carbocycles. The fourth-order valence-electron chi connectivity index (χ4n) is 6.30. The van der Waals surface area contributed by atoms with Gasteiger partial charge in [0.2, 0.25) is 0 Å². The van der Waals surface area contributed by atoms with Gasteiger partial charge in [-0.2, -0.15) is 0 Å². The molecule has 1 atom stereocenters. The molecule has 0 bridgehead atoms. The zero-order valence-electron chi connectivity index (χ0n) is 27.3. The van der Waals surface area contributed by atoms with Crippen LogP contribution in [0, 0.1) is 19.3 Å². The highest BCUT2D eigenvalue weighted by molar-refractivity contribution is 5.48. The van der Waals surface area contributed by atoms with Crippen LogP contribution in [0.3, 0.4) is 0 Å². The highest BCUT2D eigenvalue weighted by Crippen LogP contribution is 2.43. The Morgan fingerprint density at radius 3 is 2.15 bits per heavy atom. The van der Waals surface area contributed by atoms with Crippen molar-refractivity contribution in [1.82, 2.24) is 0 Å². The van der Waals surface area contributed by atoms with E-state index in [1.807, 2.05) is 0 Å². The first kappa shape index (κ1) is 32.7. The van der Waals surface area contributed by atoms with Crippen LogP contribution >= 0.6 is 0 Å². The lowest BCUT2D eigenvalue weighted by Crippen LogP contribution is -2.32. The zero-order valence-corrected chi connectivity index (χ0v) is 27.3. The molecular formula is C41H56. The summed E-state index contributed by atoms with van der Waals surface area (Å²) >= 11 is 0. The first-order chi connectivity index (χ1) is 19.5. The molecule has 0 spiro atoms. The summed E-state index contributed by atoms with van der Waals surface area (Å²) in [5.74, 6) is 0. The normalized spacial score (nSPS) is 13.1. The van der Waals surface area contributed by atoms with E-state index in [1.54, 1.807) is 0 Å². The lowest BCUT2D eigenvalue weighted by molar-refractivity contribution is 0.349. The molecule has 0 radical (unpaired) electrons. The number of hydrogen-bond acceptors (Lipinski definition) is 0. The minimum absolute atomic E-state index is 0.175. The largest absolute Gasteiger partial charge is 0.100 e. The van der Waals surface area contributed by atoms with Gasteiger partial charge < -0.3 is 0 Å². The molecule has 0 aliphatic carbocycles. The number of allylic oxidation sites excluding steroid dienone is 2. The first-order valence-corrected chi connectivity index (χ1v) is 16.0. The standard InChI is InChI=1S/C41H56/c1-10-32(5)18-14-12-17-21-37-27-38(23-22-34(37)7)41(28-31(3)4,30-35-19-15-13-16-20-35)39-25-33(6)24-36(26-39)29-40(8,9)11-2/h13,15-16,19-20,22-27H,3,5,10-12,14,17-18,21,28-30H2,1-2,4,6-9H3. The Bertz CT molecular complexity index is 1290. The van der Waals surface area contributed by atoms with E-state index in [2.05, 4.69) is 128 Å². The Balaban J connectivity index is 2.11. The summed E-state index contributed by atoms with van der Waals surface area (Å²) in [5, 5.41) is 0. The molecule has 0 heterocycles. The fourth-order valence-corrected chi connectivity index (χ4v) is 6.30. The molecule has 0 saturated heterocycles. The molecule has 0 amide bonds. The third-order valence-electron chi connectivity index (χ3n) is 9.16. The Labute approximate surface area is 253 Å². The molecule has 220 valence electrons. The predicted octanol–water partition coefficient (Wildman–Crippen LogP) is 11.8. The number of rotatable bonds is 16. The SMILES string of the molecule is C=C(C)CC(Cc1ccccc1)(c1cc(C)cc(CC(C)(C)CC)c1)c1ccc(C)c(CCCCCC(=C)CC)c1. The van der Waals surface area contributed by atoms with Gasteiger partial charge in [-0.15, -0.1) is 6.58 Å². The maximum atomic E-state index is 4.47. The van der Waals surface area contributed by atoms with Gasteiger partial charge in [-0.1, -0.05) is 131 Å². The molecule has 0 heteroatoms. The highest BCUT2D eigenvalue weighted by atomic mass is 14.4. The van der Waals surface area contributed by atoms with E-state index in [0.29, 0.717) is 0 Å². The molecule has 0 aliphatic rings. The lowest BCUT2D eigenvalue weighted by atomic mass is 9.65. The van der Waals surface area contributed by atoms with E-state index in [1.165, 1.54) is 82.2 Å². The van der Waals surface area contributed by atoms with Crippen LogP contribution in [0.5, 0.6) is 0 Å². The van der Waals surface area contributed by atoms with Crippen molar-refractivity contribution >= 4 is 0 Å². The van der Waals surface area contributed by atoms with Crippen LogP contribution in [0.15, 0.2) is 91.0 Å². The topological polar surface area (TPSA) is 0 Å². The van der Waals surface area contributed by atoms with Gasteiger partial charge >= 0.3 is 0 Å². The van der Waals surface area contributed by atoms with Crippen LogP contribution in [-0.2, 0) is 24.7 Å². The summed E-state index contributed by atoms with van der Waals surface area (Å²) in [4.78, 5) is 0. The first-order valence-electron chi connectivity index (χ1n) is 16.0. The van der Waals surface area contributed by atoms with Crippen molar-refractivity contribution in [3.8, 4) is 0 Å². The average molecular weight is 549 g/mol. The number of aryl methyl sites for hydroxylation is 3. The number of hydrogen-bond donors (Lipinski definition) is 0. The van der Waals surface area contributed by atoms with Crippen LogP contribution in [0.2, 0.25) is 0 Å². The van der Waals surface area contributed by atoms with Crippen LogP contribution in [-0.4, -0.2) is 0 Å². The Morgan fingerprint density at radius 2 is 1.49 bits per heavy atom. The van der Waals surface area contributed by atoms with Crippen molar-refractivity contribution in [3.05, 3.63) is 130 Å². The summed E-state index contributed by atoms with van der Waals surface area (Å²) in [6.07, 6.45) is 11.3. The summed E-state index contributed by atoms with van der Waals surface area (Å²) in [7, 11) is 0. The third-order valence-corrected chi connectivity index (χ3v) is 9.16. The Morgan fingerprint density at radius 1 is 0.756 bits per heavy atom. The minimum Gasteiger partial charge on any atom is -0.100 e. The summed E-state index contributed by atoms with van der Waals surface area (Å²) in [6.45, 7) is 24.7. The zero-order chi connectivity index (χ0) is 30.0. The van der Waals surface area contributed by atoms with Gasteiger partial charge in [0.25, 0.3) is 0 Å². The smallest absolute Gasteiger partial charge is 0.0280 e. The van der Waals surface area contributed by atoms with Crippen LogP contribution in [0.4, 0.5) is 0 Å². The van der Waals surface area contributed by atoms with Crippen molar-refractivity contribution in [3.63, 3.8) is 0 Å². The van der Waals surface area contributed by atoms with Gasteiger partial charge in [0.05, 0.1) is 0 Å². The fraction of sp³-hybridized carbons (Fsp3) is 0.463. The molecular weight excluding hydrogens is 492 g/mol. The highest BCUT2D eigenvalue weighted by Gasteiger charge is 2.36. The minimum atomic E-state index is -0.175. The average Bonchev–Trinajstić information content (AvgIpc) is 2.93. The molecule has 3 aromatic rings. The van der Waals surface area contributed by atoms with Crippen molar-refractivity contribution in [2.45, 2.75) is 118 Å². The van der Waals surface area contributed by atoms with Crippen molar-refractivity contribution in [2.24, 2.45) is 5.41 Å². The van der Waals surface area contributed by atoms with Crippen molar-refractivity contribution in [2.75, 3.05) is 0 Å². The molecule has 0 fully saturated rings. The quantitative estimate of drug-likeness (QED) is 0.123. The van der Waals surface area contributed by atoms with Gasteiger partial charge in [-0.25, -0.2) is 0 Å². The summed E-state index contributed by atoms with van der Waals surface area (Å²) in [5.41, 5.74) is 12.7. The van der Waals surface area contributed by atoms with E-state index in [-0.39, 0.29) is 10.8 Å². The van der Waals surface area contributed by atoms with Gasteiger partial charge in [0, 0.05) is 5.41 Å². The predicted molar refractivity (Wildman–Crippen MR) is 182 cm³/mol. The van der Waals surface area contributed by atoms with E-state index >= 15 is 0 Å². The third kappa shape index (κ3) is 9.32. The van der Waals surface area contributed by atoms with Crippen LogP contribution in [0.25, 0.3) is 0 Å². The maximum Gasteiger partial charge on any atom is 0.0280 e. The molecule has 0 nitrogen and oxygen atoms in total. The molecule has 0 N–H and O–H groups in total. The molecule has 41 heavy (non-hydrogen) atoms. The van der Waals surface area contributed by atoms with Gasteiger partial charge in [-0.05, 0) is 111 Å². The second kappa shape index (κ2) is 14.9. The van der Waals surface area contributed by atoms with Crippen molar-refractivity contribution in [1.29, 1.82) is 0 Å². The maximum absolute atomic E-state index is 4.47. The molecule has 1 unspecified atom stereocenters. The van der Waals surface area contributed by atoms with Gasteiger partial charge in [0.1, 0.15) is 0 Å². The summed E-state index contributed by atoms with van der Waals surface area (Å²) in [6, 6.07) is 25.8. The van der Waals surface area contributed by atoms with Crippen LogP contribution in [0.1, 0.15) is 119 Å². The van der Waals surface area contributed by atoms with E-state index in [9.17, 15) is 0 Å². The molecule has 0 saturated carbocycles. The Kier molecular flexibility index (Phi) is 11.8.